The van der Waals surface area contributed by atoms with Crippen molar-refractivity contribution in [3.8, 4) is 0 Å². The summed E-state index contributed by atoms with van der Waals surface area (Å²) >= 11 is 0. The molecular formula is C54H90O24. The summed E-state index contributed by atoms with van der Waals surface area (Å²) in [5.41, 5.74) is 0. The molecule has 0 spiro atoms. The summed E-state index contributed by atoms with van der Waals surface area (Å²) in [6, 6.07) is 0. The van der Waals surface area contributed by atoms with Crippen molar-refractivity contribution in [1.29, 1.82) is 0 Å². The molecule has 5 saturated heterocycles. The number of aliphatic hydroxyl groups is 8. The van der Waals surface area contributed by atoms with E-state index in [0.29, 0.717) is 32.1 Å². The average Bonchev–Trinajstić information content (AvgIpc) is 3.48. The minimum Gasteiger partial charge on any atom is -0.455 e. The Hall–Kier alpha value is -3.02. The third-order valence-electron chi connectivity index (χ3n) is 15.3. The average molecular weight is 1120 g/mol. The molecule has 24 atom stereocenters. The second-order valence-corrected chi connectivity index (χ2v) is 21.4. The fraction of sp³-hybridized carbons (Fsp3) is 0.889. The molecule has 24 nitrogen and oxygen atoms in total. The molecule has 5 heterocycles. The van der Waals surface area contributed by atoms with Crippen molar-refractivity contribution in [1.82, 2.24) is 0 Å². The second-order valence-electron chi connectivity index (χ2n) is 21.4. The lowest BCUT2D eigenvalue weighted by Crippen LogP contribution is -2.69. The van der Waals surface area contributed by atoms with Gasteiger partial charge in [0.05, 0.1) is 49.5 Å². The van der Waals surface area contributed by atoms with Gasteiger partial charge in [-0.25, -0.2) is 4.79 Å². The Kier molecular flexibility index (Phi) is 27.0. The van der Waals surface area contributed by atoms with Gasteiger partial charge in [-0.1, -0.05) is 84.6 Å². The molecule has 0 aromatic rings. The molecule has 8 N–H and O–H groups in total. The summed E-state index contributed by atoms with van der Waals surface area (Å²) in [4.78, 5) is 53.9. The Morgan fingerprint density at radius 2 is 1.24 bits per heavy atom. The van der Waals surface area contributed by atoms with Gasteiger partial charge in [-0.3, -0.25) is 14.4 Å². The number of carbonyl (C=O) groups excluding carboxylic acids is 4. The molecule has 5 fully saturated rings. The minimum absolute atomic E-state index is 0.116. The minimum atomic E-state index is -2.00. The maximum absolute atomic E-state index is 13.9. The first-order valence-corrected chi connectivity index (χ1v) is 28.2. The number of allylic oxidation sites excluding steroid dienone is 1. The van der Waals surface area contributed by atoms with E-state index in [1.807, 2.05) is 0 Å². The lowest BCUT2D eigenvalue weighted by atomic mass is 9.95. The van der Waals surface area contributed by atoms with E-state index in [1.165, 1.54) is 26.8 Å². The maximum atomic E-state index is 13.9. The van der Waals surface area contributed by atoms with Crippen molar-refractivity contribution in [3.63, 3.8) is 0 Å². The summed E-state index contributed by atoms with van der Waals surface area (Å²) < 4.78 is 74.7. The lowest BCUT2D eigenvalue weighted by Gasteiger charge is -2.51. The molecule has 0 aliphatic carbocycles. The Morgan fingerprint density at radius 3 is 1.88 bits per heavy atom. The van der Waals surface area contributed by atoms with Crippen molar-refractivity contribution in [3.05, 3.63) is 12.2 Å². The van der Waals surface area contributed by atoms with Gasteiger partial charge in [0.15, 0.2) is 49.6 Å². The van der Waals surface area contributed by atoms with E-state index in [2.05, 4.69) is 6.92 Å². The van der Waals surface area contributed by atoms with Gasteiger partial charge in [0, 0.05) is 12.5 Å². The van der Waals surface area contributed by atoms with Crippen LogP contribution in [0.2, 0.25) is 0 Å². The van der Waals surface area contributed by atoms with Crippen LogP contribution in [0, 0.1) is 11.8 Å². The van der Waals surface area contributed by atoms with E-state index in [9.17, 15) is 60.0 Å². The molecule has 5 rings (SSSR count). The number of unbranched alkanes of at least 4 members (excludes halogenated alkanes) is 2. The molecule has 0 aromatic carbocycles. The third-order valence-corrected chi connectivity index (χ3v) is 15.3. The summed E-state index contributed by atoms with van der Waals surface area (Å²) in [7, 11) is 0. The lowest BCUT2D eigenvalue weighted by molar-refractivity contribution is -0.409. The number of ether oxygens (including phenoxy) is 12. The van der Waals surface area contributed by atoms with Gasteiger partial charge in [0.25, 0.3) is 0 Å². The van der Waals surface area contributed by atoms with Crippen molar-refractivity contribution < 1.29 is 117 Å². The highest BCUT2D eigenvalue weighted by Crippen LogP contribution is 2.39. The van der Waals surface area contributed by atoms with E-state index in [0.717, 1.165) is 57.4 Å². The van der Waals surface area contributed by atoms with Crippen LogP contribution in [0.25, 0.3) is 0 Å². The van der Waals surface area contributed by atoms with Crippen LogP contribution in [-0.2, 0) is 76.0 Å². The topological polar surface area (TPSA) is 341 Å². The van der Waals surface area contributed by atoms with Crippen molar-refractivity contribution in [2.45, 2.75) is 280 Å². The molecule has 78 heavy (non-hydrogen) atoms. The van der Waals surface area contributed by atoms with Crippen molar-refractivity contribution in [2.75, 3.05) is 13.2 Å². The van der Waals surface area contributed by atoms with E-state index in [1.54, 1.807) is 27.7 Å². The first-order chi connectivity index (χ1) is 37.2. The number of rotatable bonds is 16. The molecule has 24 heteroatoms. The van der Waals surface area contributed by atoms with Crippen LogP contribution >= 0.6 is 0 Å². The first kappa shape index (κ1) is 65.8. The maximum Gasteiger partial charge on any atom is 0.330 e. The van der Waals surface area contributed by atoms with Gasteiger partial charge in [-0.05, 0) is 60.3 Å². The van der Waals surface area contributed by atoms with Crippen LogP contribution in [0.5, 0.6) is 0 Å². The Bertz CT molecular complexity index is 1860. The van der Waals surface area contributed by atoms with Gasteiger partial charge in [0.1, 0.15) is 61.0 Å². The SMILES string of the molecule is CC=CC(=O)OC1C(C)OC(OC2C3OC(CO)C(O)C2OC2OC(CO)C(O)C(OC(=O)C(C)CC)C2OC(=O)CCCCCCCCCC(CCCCC)OC2OC(C)C(O)C(O)C2O3)C(OC(=O)C(C)C(C)O)C1O. The second kappa shape index (κ2) is 32.0. The normalized spacial score (nSPS) is 40.1. The van der Waals surface area contributed by atoms with Gasteiger partial charge >= 0.3 is 23.9 Å². The molecule has 0 saturated carbocycles. The Morgan fingerprint density at radius 1 is 0.628 bits per heavy atom. The molecule has 2 bridgehead atoms. The number of fused-ring (bicyclic) bond motifs is 4. The smallest absolute Gasteiger partial charge is 0.330 e. The number of hydrogen-bond donors (Lipinski definition) is 8. The van der Waals surface area contributed by atoms with E-state index in [-0.39, 0.29) is 6.42 Å². The van der Waals surface area contributed by atoms with E-state index >= 15 is 0 Å². The van der Waals surface area contributed by atoms with Crippen LogP contribution in [0.3, 0.4) is 0 Å². The quantitative estimate of drug-likeness (QED) is 0.0471. The van der Waals surface area contributed by atoms with Crippen LogP contribution in [0.1, 0.15) is 145 Å². The van der Waals surface area contributed by atoms with Crippen LogP contribution < -0.4 is 0 Å². The third kappa shape index (κ3) is 17.5. The van der Waals surface area contributed by atoms with E-state index < -0.39 is 184 Å². The first-order valence-electron chi connectivity index (χ1n) is 28.2. The number of carbonyl (C=O) groups is 4. The standard InChI is InChI=1S/C54H90O24/c1-9-12-18-22-32-23-19-16-14-13-15-17-20-24-36(59)73-47-43(74-49(65)27(4)11-3)38(61)33(25-55)70-53(47)76-44-39(62)34(26-56)71-54(77-45-40(63)37(60)30(7)67-51(45)69-32)48(44)78-52-46(75-50(66)28(5)29(6)57)41(64)42(31(8)68-52)72-35(58)21-10-2/h10,21,27-34,37-48,51-57,60-64H,9,11-20,22-26H2,1-8H3. The molecular weight excluding hydrogens is 1030 g/mol. The molecule has 0 aromatic heterocycles. The highest BCUT2D eigenvalue weighted by Gasteiger charge is 2.59. The summed E-state index contributed by atoms with van der Waals surface area (Å²) in [6.45, 7) is 10.7. The van der Waals surface area contributed by atoms with Crippen LogP contribution in [-0.4, -0.2) is 213 Å². The molecule has 0 radical (unpaired) electrons. The fourth-order valence-corrected chi connectivity index (χ4v) is 9.97. The molecule has 24 unspecified atom stereocenters. The van der Waals surface area contributed by atoms with Gasteiger partial charge in [-0.15, -0.1) is 0 Å². The van der Waals surface area contributed by atoms with Gasteiger partial charge in [-0.2, -0.15) is 0 Å². The molecule has 450 valence electrons. The predicted molar refractivity (Wildman–Crippen MR) is 270 cm³/mol. The summed E-state index contributed by atoms with van der Waals surface area (Å²) in [5, 5.41) is 91.2. The zero-order chi connectivity index (χ0) is 57.4. The highest BCUT2D eigenvalue weighted by molar-refractivity contribution is 5.82. The van der Waals surface area contributed by atoms with Gasteiger partial charge in [0.2, 0.25) is 0 Å². The number of aliphatic hydroxyl groups excluding tert-OH is 8. The fourth-order valence-electron chi connectivity index (χ4n) is 9.97. The largest absolute Gasteiger partial charge is 0.455 e. The van der Waals surface area contributed by atoms with Gasteiger partial charge < -0.3 is 97.7 Å². The highest BCUT2D eigenvalue weighted by atomic mass is 16.8. The number of esters is 4. The Labute approximate surface area is 457 Å². The van der Waals surface area contributed by atoms with Crippen LogP contribution in [0.15, 0.2) is 12.2 Å². The van der Waals surface area contributed by atoms with E-state index in [4.69, 9.17) is 56.8 Å². The monoisotopic (exact) mass is 1120 g/mol. The molecule has 0 amide bonds. The molecule has 5 aliphatic heterocycles. The van der Waals surface area contributed by atoms with Crippen molar-refractivity contribution >= 4 is 23.9 Å². The molecule has 5 aliphatic rings. The summed E-state index contributed by atoms with van der Waals surface area (Å²) in [6.07, 6.45) is -24.4. The van der Waals surface area contributed by atoms with Crippen molar-refractivity contribution in [2.24, 2.45) is 11.8 Å². The predicted octanol–water partition coefficient (Wildman–Crippen LogP) is 1.65. The summed E-state index contributed by atoms with van der Waals surface area (Å²) in [5.74, 6) is -5.47. The zero-order valence-corrected chi connectivity index (χ0v) is 46.4. The van der Waals surface area contributed by atoms with Crippen LogP contribution in [0.4, 0.5) is 0 Å². The number of hydrogen-bond acceptors (Lipinski definition) is 24. The Balaban J connectivity index is 1.70. The zero-order valence-electron chi connectivity index (χ0n) is 46.4.